The molecule has 0 saturated heterocycles. The second kappa shape index (κ2) is 6.29. The third-order valence-electron chi connectivity index (χ3n) is 2.93. The van der Waals surface area contributed by atoms with E-state index >= 15 is 0 Å². The lowest BCUT2D eigenvalue weighted by atomic mass is 10.1. The van der Waals surface area contributed by atoms with Crippen LogP contribution in [0, 0.1) is 0 Å². The molecule has 5 heteroatoms. The number of nitrogens with zero attached hydrogens (tertiary/aromatic N) is 1. The molecule has 2 rings (SSSR count). The summed E-state index contributed by atoms with van der Waals surface area (Å²) >= 11 is 9.53. The van der Waals surface area contributed by atoms with E-state index in [9.17, 15) is 9.90 Å². The standard InChI is InChI=1S/C15H13BrClNO2/c1-18(9-10-5-7-11(16)8-6-10)14-12(15(19)20)3-2-4-13(14)17/h2-8H,9H2,1H3,(H,19,20). The Labute approximate surface area is 130 Å². The number of carboxylic acids is 1. The van der Waals surface area contributed by atoms with Crippen molar-refractivity contribution in [1.29, 1.82) is 0 Å². The van der Waals surface area contributed by atoms with Crippen LogP contribution < -0.4 is 4.90 Å². The minimum Gasteiger partial charge on any atom is -0.478 e. The minimum absolute atomic E-state index is 0.206. The van der Waals surface area contributed by atoms with Gasteiger partial charge in [-0.25, -0.2) is 4.79 Å². The second-order valence-corrected chi connectivity index (χ2v) is 5.75. The molecule has 0 aliphatic rings. The van der Waals surface area contributed by atoms with Gasteiger partial charge in [0.25, 0.3) is 0 Å². The number of hydrogen-bond acceptors (Lipinski definition) is 2. The van der Waals surface area contributed by atoms with Gasteiger partial charge in [-0.3, -0.25) is 0 Å². The number of anilines is 1. The number of hydrogen-bond donors (Lipinski definition) is 1. The summed E-state index contributed by atoms with van der Waals surface area (Å²) in [4.78, 5) is 13.1. The van der Waals surface area contributed by atoms with Gasteiger partial charge in [-0.2, -0.15) is 0 Å². The van der Waals surface area contributed by atoms with Crippen LogP contribution in [0.15, 0.2) is 46.9 Å². The zero-order valence-corrected chi connectivity index (χ0v) is 13.1. The molecule has 0 unspecified atom stereocenters. The third-order valence-corrected chi connectivity index (χ3v) is 3.77. The maximum atomic E-state index is 11.3. The number of rotatable bonds is 4. The van der Waals surface area contributed by atoms with Crippen LogP contribution in [0.5, 0.6) is 0 Å². The lowest BCUT2D eigenvalue weighted by Gasteiger charge is -2.22. The van der Waals surface area contributed by atoms with E-state index in [1.165, 1.54) is 0 Å². The molecule has 0 atom stereocenters. The highest BCUT2D eigenvalue weighted by Crippen LogP contribution is 2.30. The molecule has 0 aromatic heterocycles. The van der Waals surface area contributed by atoms with Gasteiger partial charge in [0.15, 0.2) is 0 Å². The summed E-state index contributed by atoms with van der Waals surface area (Å²) in [7, 11) is 1.83. The molecule has 0 spiro atoms. The summed E-state index contributed by atoms with van der Waals surface area (Å²) in [6, 6.07) is 12.8. The Bertz CT molecular complexity index is 628. The third kappa shape index (κ3) is 3.32. The molecule has 1 N–H and O–H groups in total. The number of halogens is 2. The molecule has 0 heterocycles. The van der Waals surface area contributed by atoms with Crippen molar-refractivity contribution in [3.63, 3.8) is 0 Å². The van der Waals surface area contributed by atoms with Crippen LogP contribution in [0.25, 0.3) is 0 Å². The Kier molecular flexibility index (Phi) is 4.68. The first-order valence-electron chi connectivity index (χ1n) is 5.96. The number of benzene rings is 2. The summed E-state index contributed by atoms with van der Waals surface area (Å²) < 4.78 is 1.01. The van der Waals surface area contributed by atoms with Gasteiger partial charge in [0.1, 0.15) is 0 Å². The average Bonchev–Trinajstić information content (AvgIpc) is 2.40. The SMILES string of the molecule is CN(Cc1ccc(Br)cc1)c1c(Cl)cccc1C(=O)O. The van der Waals surface area contributed by atoms with Crippen LogP contribution in [0.4, 0.5) is 5.69 Å². The maximum absolute atomic E-state index is 11.3. The summed E-state index contributed by atoms with van der Waals surface area (Å²) in [5.41, 5.74) is 1.81. The average molecular weight is 355 g/mol. The summed E-state index contributed by atoms with van der Waals surface area (Å²) in [6.45, 7) is 0.581. The smallest absolute Gasteiger partial charge is 0.337 e. The maximum Gasteiger partial charge on any atom is 0.337 e. The van der Waals surface area contributed by atoms with E-state index in [0.717, 1.165) is 10.0 Å². The fourth-order valence-corrected chi connectivity index (χ4v) is 2.60. The normalized spacial score (nSPS) is 10.3. The van der Waals surface area contributed by atoms with Gasteiger partial charge in [-0.05, 0) is 29.8 Å². The number of carbonyl (C=O) groups is 1. The quantitative estimate of drug-likeness (QED) is 0.882. The van der Waals surface area contributed by atoms with Crippen LogP contribution in [0.2, 0.25) is 5.02 Å². The fraction of sp³-hybridized carbons (Fsp3) is 0.133. The van der Waals surface area contributed by atoms with Gasteiger partial charge in [0.2, 0.25) is 0 Å². The van der Waals surface area contributed by atoms with Crippen LogP contribution in [0.3, 0.4) is 0 Å². The van der Waals surface area contributed by atoms with Crippen molar-refractivity contribution in [1.82, 2.24) is 0 Å². The van der Waals surface area contributed by atoms with Crippen molar-refractivity contribution < 1.29 is 9.90 Å². The molecule has 0 saturated carbocycles. The van der Waals surface area contributed by atoms with Crippen LogP contribution in [-0.2, 0) is 6.54 Å². The van der Waals surface area contributed by atoms with E-state index in [0.29, 0.717) is 17.3 Å². The Morgan fingerprint density at radius 3 is 2.50 bits per heavy atom. The van der Waals surface area contributed by atoms with Gasteiger partial charge in [0.05, 0.1) is 16.3 Å². The zero-order chi connectivity index (χ0) is 14.7. The molecule has 20 heavy (non-hydrogen) atoms. The molecule has 104 valence electrons. The monoisotopic (exact) mass is 353 g/mol. The number of carboxylic acid groups (broad SMARTS) is 1. The predicted octanol–water partition coefficient (Wildman–Crippen LogP) is 4.44. The van der Waals surface area contributed by atoms with Crippen LogP contribution in [0.1, 0.15) is 15.9 Å². The molecule has 0 bridgehead atoms. The van der Waals surface area contributed by atoms with Crippen molar-refractivity contribution in [2.45, 2.75) is 6.54 Å². The van der Waals surface area contributed by atoms with Crippen molar-refractivity contribution >= 4 is 39.2 Å². The van der Waals surface area contributed by atoms with E-state index in [1.54, 1.807) is 18.2 Å². The van der Waals surface area contributed by atoms with Crippen LogP contribution >= 0.6 is 27.5 Å². The first-order valence-corrected chi connectivity index (χ1v) is 7.13. The van der Waals surface area contributed by atoms with Crippen molar-refractivity contribution in [2.24, 2.45) is 0 Å². The molecule has 0 amide bonds. The van der Waals surface area contributed by atoms with Gasteiger partial charge in [-0.1, -0.05) is 45.7 Å². The van der Waals surface area contributed by atoms with E-state index in [1.807, 2.05) is 36.2 Å². The molecule has 2 aromatic carbocycles. The Morgan fingerprint density at radius 2 is 1.90 bits per heavy atom. The second-order valence-electron chi connectivity index (χ2n) is 4.42. The van der Waals surface area contributed by atoms with Crippen molar-refractivity contribution in [2.75, 3.05) is 11.9 Å². The van der Waals surface area contributed by atoms with Gasteiger partial charge in [0, 0.05) is 18.1 Å². The Balaban J connectivity index is 2.31. The molecule has 2 aromatic rings. The van der Waals surface area contributed by atoms with E-state index in [4.69, 9.17) is 11.6 Å². The van der Waals surface area contributed by atoms with Gasteiger partial charge < -0.3 is 10.0 Å². The highest BCUT2D eigenvalue weighted by atomic mass is 79.9. The lowest BCUT2D eigenvalue weighted by molar-refractivity contribution is 0.0697. The summed E-state index contributed by atoms with van der Waals surface area (Å²) in [6.07, 6.45) is 0. The Morgan fingerprint density at radius 1 is 1.25 bits per heavy atom. The molecule has 0 radical (unpaired) electrons. The molecule has 0 fully saturated rings. The largest absolute Gasteiger partial charge is 0.478 e. The highest BCUT2D eigenvalue weighted by molar-refractivity contribution is 9.10. The Hall–Kier alpha value is -1.52. The van der Waals surface area contributed by atoms with Crippen molar-refractivity contribution in [3.8, 4) is 0 Å². The van der Waals surface area contributed by atoms with Crippen LogP contribution in [-0.4, -0.2) is 18.1 Å². The molecular weight excluding hydrogens is 342 g/mol. The van der Waals surface area contributed by atoms with E-state index < -0.39 is 5.97 Å². The predicted molar refractivity (Wildman–Crippen MR) is 84.7 cm³/mol. The van der Waals surface area contributed by atoms with Crippen molar-refractivity contribution in [3.05, 3.63) is 63.1 Å². The number of aromatic carboxylic acids is 1. The lowest BCUT2D eigenvalue weighted by Crippen LogP contribution is -2.19. The number of para-hydroxylation sites is 1. The summed E-state index contributed by atoms with van der Waals surface area (Å²) in [5.74, 6) is -0.981. The summed E-state index contributed by atoms with van der Waals surface area (Å²) in [5, 5.41) is 9.68. The minimum atomic E-state index is -0.981. The molecule has 0 aliphatic heterocycles. The first kappa shape index (κ1) is 14.9. The fourth-order valence-electron chi connectivity index (χ4n) is 2.02. The van der Waals surface area contributed by atoms with E-state index in [-0.39, 0.29) is 5.56 Å². The van der Waals surface area contributed by atoms with E-state index in [2.05, 4.69) is 15.9 Å². The first-order chi connectivity index (χ1) is 9.49. The topological polar surface area (TPSA) is 40.5 Å². The molecule has 0 aliphatic carbocycles. The zero-order valence-electron chi connectivity index (χ0n) is 10.8. The molecular formula is C15H13BrClNO2. The molecule has 3 nitrogen and oxygen atoms in total. The van der Waals surface area contributed by atoms with Gasteiger partial charge in [-0.15, -0.1) is 0 Å². The van der Waals surface area contributed by atoms with Gasteiger partial charge >= 0.3 is 5.97 Å². The highest BCUT2D eigenvalue weighted by Gasteiger charge is 2.16.